The molecule has 0 saturated carbocycles. The maximum Gasteiger partial charge on any atom is 0.335 e. The Bertz CT molecular complexity index is 626. The van der Waals surface area contributed by atoms with Crippen LogP contribution in [0.25, 0.3) is 11.0 Å². The highest BCUT2D eigenvalue weighted by Gasteiger charge is 2.24. The smallest absolute Gasteiger partial charge is 0.335 e. The molecule has 0 aliphatic rings. The Balaban J connectivity index is 2.77. The third-order valence-electron chi connectivity index (χ3n) is 3.76. The molecule has 4 heteroatoms. The van der Waals surface area contributed by atoms with Gasteiger partial charge in [-0.05, 0) is 38.5 Å². The lowest BCUT2D eigenvalue weighted by molar-refractivity contribution is 0.0697. The molecule has 2 rings (SSSR count). The number of hydrogen-bond donors (Lipinski definition) is 1. The number of nitrogens with zero attached hydrogens (tertiary/aromatic N) is 2. The number of carboxylic acid groups (broad SMARTS) is 1. The van der Waals surface area contributed by atoms with E-state index in [4.69, 9.17) is 5.11 Å². The van der Waals surface area contributed by atoms with Crippen molar-refractivity contribution in [3.8, 4) is 0 Å². The number of imidazole rings is 1. The number of carbonyl (C=O) groups is 1. The van der Waals surface area contributed by atoms with Gasteiger partial charge in [-0.2, -0.15) is 0 Å². The van der Waals surface area contributed by atoms with Gasteiger partial charge >= 0.3 is 5.97 Å². The molecule has 0 fully saturated rings. The Morgan fingerprint density at radius 2 is 2.05 bits per heavy atom. The summed E-state index contributed by atoms with van der Waals surface area (Å²) in [5.41, 5.74) is 2.01. The molecule has 0 unspecified atom stereocenters. The van der Waals surface area contributed by atoms with Crippen LogP contribution in [-0.2, 0) is 12.0 Å². The van der Waals surface area contributed by atoms with Crippen molar-refractivity contribution in [2.24, 2.45) is 0 Å². The van der Waals surface area contributed by atoms with E-state index >= 15 is 0 Å². The average Bonchev–Trinajstić information content (AvgIpc) is 2.76. The molecular weight excluding hydrogens is 240 g/mol. The van der Waals surface area contributed by atoms with Gasteiger partial charge in [0.1, 0.15) is 5.82 Å². The fourth-order valence-electron chi connectivity index (χ4n) is 2.33. The molecule has 0 saturated heterocycles. The maximum atomic E-state index is 11.1. The number of aryl methyl sites for hydroxylation is 1. The van der Waals surface area contributed by atoms with Crippen LogP contribution in [0.15, 0.2) is 18.2 Å². The predicted octanol–water partition coefficient (Wildman–Crippen LogP) is 3.44. The molecular formula is C15H20N2O2. The molecule has 102 valence electrons. The molecule has 0 amide bonds. The molecule has 1 N–H and O–H groups in total. The first-order chi connectivity index (χ1) is 8.90. The number of rotatable bonds is 4. The highest BCUT2D eigenvalue weighted by Crippen LogP contribution is 2.28. The number of benzene rings is 1. The third kappa shape index (κ3) is 2.23. The fourth-order valence-corrected chi connectivity index (χ4v) is 2.33. The van der Waals surface area contributed by atoms with Crippen LogP contribution in [0.5, 0.6) is 0 Å². The summed E-state index contributed by atoms with van der Waals surface area (Å²) in [6.07, 6.45) is 1.79. The largest absolute Gasteiger partial charge is 0.478 e. The van der Waals surface area contributed by atoms with E-state index in [1.54, 1.807) is 18.2 Å². The highest BCUT2D eigenvalue weighted by atomic mass is 16.4. The first kappa shape index (κ1) is 13.6. The predicted molar refractivity (Wildman–Crippen MR) is 75.7 cm³/mol. The van der Waals surface area contributed by atoms with E-state index in [1.165, 1.54) is 0 Å². The van der Waals surface area contributed by atoms with Crippen molar-refractivity contribution in [3.05, 3.63) is 29.6 Å². The normalized spacial score (nSPS) is 12.0. The summed E-state index contributed by atoms with van der Waals surface area (Å²) in [5.74, 6) is 0.103. The molecule has 1 aromatic carbocycles. The van der Waals surface area contributed by atoms with Crippen molar-refractivity contribution in [1.29, 1.82) is 0 Å². The summed E-state index contributed by atoms with van der Waals surface area (Å²) in [4.78, 5) is 15.7. The Morgan fingerprint density at radius 1 is 1.37 bits per heavy atom. The van der Waals surface area contributed by atoms with Gasteiger partial charge in [0.2, 0.25) is 0 Å². The first-order valence-corrected chi connectivity index (χ1v) is 6.66. The lowest BCUT2D eigenvalue weighted by Crippen LogP contribution is -2.27. The van der Waals surface area contributed by atoms with Crippen molar-refractivity contribution in [3.63, 3.8) is 0 Å². The molecule has 0 bridgehead atoms. The Morgan fingerprint density at radius 3 is 2.58 bits per heavy atom. The van der Waals surface area contributed by atoms with Crippen LogP contribution in [0.4, 0.5) is 0 Å². The number of aromatic nitrogens is 2. The second-order valence-corrected chi connectivity index (χ2v) is 5.39. The van der Waals surface area contributed by atoms with Crippen molar-refractivity contribution in [1.82, 2.24) is 9.55 Å². The van der Waals surface area contributed by atoms with E-state index in [-0.39, 0.29) is 5.54 Å². The van der Waals surface area contributed by atoms with Gasteiger partial charge in [0.05, 0.1) is 16.6 Å². The Kier molecular flexibility index (Phi) is 3.35. The topological polar surface area (TPSA) is 55.1 Å². The van der Waals surface area contributed by atoms with Crippen LogP contribution in [-0.4, -0.2) is 20.6 Å². The summed E-state index contributed by atoms with van der Waals surface area (Å²) in [5, 5.41) is 9.13. The van der Waals surface area contributed by atoms with Crippen LogP contribution in [0, 0.1) is 0 Å². The summed E-state index contributed by atoms with van der Waals surface area (Å²) in [7, 11) is 0. The number of hydrogen-bond acceptors (Lipinski definition) is 2. The van der Waals surface area contributed by atoms with E-state index in [2.05, 4.69) is 37.2 Å². The van der Waals surface area contributed by atoms with Crippen molar-refractivity contribution < 1.29 is 9.90 Å². The quantitative estimate of drug-likeness (QED) is 0.916. The summed E-state index contributed by atoms with van der Waals surface area (Å²) in [6, 6.07) is 5.13. The molecule has 19 heavy (non-hydrogen) atoms. The summed E-state index contributed by atoms with van der Waals surface area (Å²) in [6.45, 7) is 8.51. The van der Waals surface area contributed by atoms with E-state index < -0.39 is 5.97 Å². The molecule has 4 nitrogen and oxygen atoms in total. The second-order valence-electron chi connectivity index (χ2n) is 5.39. The lowest BCUT2D eigenvalue weighted by atomic mass is 10.0. The SMILES string of the molecule is CCc1nc2ccc(C(=O)O)cc2n1C(C)(C)CC. The minimum absolute atomic E-state index is 0.0722. The van der Waals surface area contributed by atoms with Crippen molar-refractivity contribution in [2.45, 2.75) is 46.1 Å². The second kappa shape index (κ2) is 4.68. The van der Waals surface area contributed by atoms with E-state index in [0.29, 0.717) is 5.56 Å². The Labute approximate surface area is 113 Å². The number of fused-ring (bicyclic) bond motifs is 1. The molecule has 0 atom stereocenters. The monoisotopic (exact) mass is 260 g/mol. The highest BCUT2D eigenvalue weighted by molar-refractivity contribution is 5.92. The first-order valence-electron chi connectivity index (χ1n) is 6.66. The molecule has 0 aliphatic heterocycles. The molecule has 0 aliphatic carbocycles. The molecule has 1 aromatic heterocycles. The number of aromatic carboxylic acids is 1. The molecule has 1 heterocycles. The zero-order valence-corrected chi connectivity index (χ0v) is 11.9. The van der Waals surface area contributed by atoms with Gasteiger partial charge in [0.25, 0.3) is 0 Å². The van der Waals surface area contributed by atoms with Crippen LogP contribution < -0.4 is 0 Å². The zero-order chi connectivity index (χ0) is 14.2. The van der Waals surface area contributed by atoms with E-state index in [0.717, 1.165) is 29.7 Å². The van der Waals surface area contributed by atoms with Crippen molar-refractivity contribution >= 4 is 17.0 Å². The standard InChI is InChI=1S/C15H20N2O2/c1-5-13-16-11-8-7-10(14(18)19)9-12(11)17(13)15(3,4)6-2/h7-9H,5-6H2,1-4H3,(H,18,19). The van der Waals surface area contributed by atoms with Crippen LogP contribution in [0.1, 0.15) is 50.3 Å². The molecule has 0 radical (unpaired) electrons. The van der Waals surface area contributed by atoms with Gasteiger partial charge in [-0.3, -0.25) is 0 Å². The van der Waals surface area contributed by atoms with Crippen molar-refractivity contribution in [2.75, 3.05) is 0 Å². The van der Waals surface area contributed by atoms with Gasteiger partial charge in [-0.1, -0.05) is 13.8 Å². The van der Waals surface area contributed by atoms with E-state index in [1.807, 2.05) is 0 Å². The average molecular weight is 260 g/mol. The third-order valence-corrected chi connectivity index (χ3v) is 3.76. The van der Waals surface area contributed by atoms with Crippen LogP contribution in [0.3, 0.4) is 0 Å². The van der Waals surface area contributed by atoms with Crippen LogP contribution in [0.2, 0.25) is 0 Å². The van der Waals surface area contributed by atoms with Gasteiger partial charge in [0.15, 0.2) is 0 Å². The van der Waals surface area contributed by atoms with Gasteiger partial charge < -0.3 is 9.67 Å². The minimum atomic E-state index is -0.901. The fraction of sp³-hybridized carbons (Fsp3) is 0.467. The molecule has 2 aromatic rings. The number of carboxylic acids is 1. The molecule has 0 spiro atoms. The van der Waals surface area contributed by atoms with Gasteiger partial charge in [-0.25, -0.2) is 9.78 Å². The maximum absolute atomic E-state index is 11.1. The zero-order valence-electron chi connectivity index (χ0n) is 11.9. The lowest BCUT2D eigenvalue weighted by Gasteiger charge is -2.28. The minimum Gasteiger partial charge on any atom is -0.478 e. The summed E-state index contributed by atoms with van der Waals surface area (Å²) >= 11 is 0. The van der Waals surface area contributed by atoms with Gasteiger partial charge in [0, 0.05) is 12.0 Å². The van der Waals surface area contributed by atoms with Crippen LogP contribution >= 0.6 is 0 Å². The summed E-state index contributed by atoms with van der Waals surface area (Å²) < 4.78 is 2.18. The van der Waals surface area contributed by atoms with Gasteiger partial charge in [-0.15, -0.1) is 0 Å². The Hall–Kier alpha value is -1.84. The van der Waals surface area contributed by atoms with E-state index in [9.17, 15) is 4.79 Å².